The van der Waals surface area contributed by atoms with Gasteiger partial charge < -0.3 is 8.85 Å². The van der Waals surface area contributed by atoms with Crippen molar-refractivity contribution < 1.29 is 13.6 Å². The van der Waals surface area contributed by atoms with Crippen LogP contribution in [-0.2, 0) is 13.6 Å². The van der Waals surface area contributed by atoms with Crippen molar-refractivity contribution in [1.82, 2.24) is 0 Å². The Balaban J connectivity index is 2.25. The second-order valence-electron chi connectivity index (χ2n) is 15.9. The molecule has 0 aromatic carbocycles. The van der Waals surface area contributed by atoms with Gasteiger partial charge in [-0.3, -0.25) is 4.79 Å². The number of carbonyl (C=O) groups is 1. The molecule has 3 nitrogen and oxygen atoms in total. The SMILES string of the molecule is C[C@@H](CC[C@@H](O[Si](C)(C)C(C)(C)C)C(C)(C)O[Si](C)(C)C(C)(C)C)[C@H]1CC[C@H]2C(=O)CCC[C@]12C. The van der Waals surface area contributed by atoms with Crippen LogP contribution in [0.25, 0.3) is 0 Å². The fourth-order valence-corrected chi connectivity index (χ4v) is 9.70. The third-order valence-corrected chi connectivity index (χ3v) is 20.0. The van der Waals surface area contributed by atoms with Crippen LogP contribution in [0, 0.1) is 23.2 Å². The van der Waals surface area contributed by atoms with Gasteiger partial charge in [-0.25, -0.2) is 0 Å². The minimum absolute atomic E-state index is 0.0814. The van der Waals surface area contributed by atoms with Crippen molar-refractivity contribution in [2.45, 2.75) is 162 Å². The van der Waals surface area contributed by atoms with Crippen LogP contribution in [0.2, 0.25) is 36.3 Å². The summed E-state index contributed by atoms with van der Waals surface area (Å²) in [5, 5.41) is 0.332. The van der Waals surface area contributed by atoms with E-state index < -0.39 is 16.6 Å². The monoisotopic (exact) mass is 524 g/mol. The maximum Gasteiger partial charge on any atom is 0.192 e. The summed E-state index contributed by atoms with van der Waals surface area (Å²) in [7, 11) is -3.91. The predicted molar refractivity (Wildman–Crippen MR) is 156 cm³/mol. The van der Waals surface area contributed by atoms with Crippen molar-refractivity contribution in [2.75, 3.05) is 0 Å². The maximum absolute atomic E-state index is 12.7. The van der Waals surface area contributed by atoms with Gasteiger partial charge in [0.25, 0.3) is 0 Å². The Morgan fingerprint density at radius 1 is 0.914 bits per heavy atom. The molecule has 0 bridgehead atoms. The third kappa shape index (κ3) is 6.73. The highest BCUT2D eigenvalue weighted by Gasteiger charge is 2.53. The molecule has 0 spiro atoms. The molecule has 206 valence electrons. The largest absolute Gasteiger partial charge is 0.411 e. The fraction of sp³-hybridized carbons (Fsp3) is 0.967. The lowest BCUT2D eigenvalue weighted by Gasteiger charge is -2.49. The summed E-state index contributed by atoms with van der Waals surface area (Å²) in [6, 6.07) is 0. The highest BCUT2D eigenvalue weighted by atomic mass is 28.4. The van der Waals surface area contributed by atoms with Crippen molar-refractivity contribution in [3.8, 4) is 0 Å². The minimum atomic E-state index is -1.96. The molecule has 0 aliphatic heterocycles. The van der Waals surface area contributed by atoms with Crippen LogP contribution < -0.4 is 0 Å². The molecule has 2 aliphatic carbocycles. The Labute approximate surface area is 221 Å². The minimum Gasteiger partial charge on any atom is -0.411 e. The standard InChI is InChI=1S/C30H60O3Si2/c1-22(23-18-19-24-25(31)16-15-21-30(23,24)10)17-20-26(32-34(11,12)27(2,3)4)29(8,9)33-35(13,14)28(5,6)7/h22-24,26H,15-21H2,1-14H3/t22-,23+,24-,26+,30+/m0/s1. The molecular formula is C30H60O3Si2. The first-order valence-electron chi connectivity index (χ1n) is 14.5. The quantitative estimate of drug-likeness (QED) is 0.282. The molecule has 0 aromatic rings. The van der Waals surface area contributed by atoms with Crippen LogP contribution in [0.15, 0.2) is 0 Å². The molecule has 2 aliphatic rings. The lowest BCUT2D eigenvalue weighted by Crippen LogP contribution is -2.56. The molecule has 5 atom stereocenters. The Morgan fingerprint density at radius 3 is 1.97 bits per heavy atom. The number of hydrogen-bond acceptors (Lipinski definition) is 3. The Bertz CT molecular complexity index is 744. The van der Waals surface area contributed by atoms with E-state index in [0.717, 1.165) is 32.1 Å². The molecule has 0 saturated heterocycles. The van der Waals surface area contributed by atoms with E-state index in [2.05, 4.69) is 95.4 Å². The van der Waals surface area contributed by atoms with Gasteiger partial charge in [0.1, 0.15) is 5.78 Å². The first-order valence-corrected chi connectivity index (χ1v) is 20.3. The van der Waals surface area contributed by atoms with E-state index in [4.69, 9.17) is 8.85 Å². The zero-order valence-electron chi connectivity index (χ0n) is 26.0. The summed E-state index contributed by atoms with van der Waals surface area (Å²) < 4.78 is 14.2. The summed E-state index contributed by atoms with van der Waals surface area (Å²) in [4.78, 5) is 12.7. The van der Waals surface area contributed by atoms with Crippen molar-refractivity contribution in [2.24, 2.45) is 23.2 Å². The zero-order valence-corrected chi connectivity index (χ0v) is 28.0. The normalized spacial score (nSPS) is 28.7. The number of rotatable bonds is 9. The Hall–Kier alpha value is 0.0238. The van der Waals surface area contributed by atoms with Crippen molar-refractivity contribution in [1.29, 1.82) is 0 Å². The van der Waals surface area contributed by atoms with Gasteiger partial charge in [-0.1, -0.05) is 55.4 Å². The zero-order chi connectivity index (χ0) is 27.3. The van der Waals surface area contributed by atoms with Gasteiger partial charge in [-0.05, 0) is 106 Å². The van der Waals surface area contributed by atoms with Gasteiger partial charge >= 0.3 is 0 Å². The summed E-state index contributed by atoms with van der Waals surface area (Å²) in [6.07, 6.45) is 7.69. The molecule has 2 rings (SSSR count). The molecule has 2 saturated carbocycles. The van der Waals surface area contributed by atoms with Crippen molar-refractivity contribution in [3.63, 3.8) is 0 Å². The highest BCUT2D eigenvalue weighted by Crippen LogP contribution is 2.57. The third-order valence-electron chi connectivity index (χ3n) is 10.9. The first kappa shape index (κ1) is 31.2. The molecule has 0 radical (unpaired) electrons. The molecule has 5 heteroatoms. The molecule has 35 heavy (non-hydrogen) atoms. The number of carbonyl (C=O) groups excluding carboxylic acids is 1. The smallest absolute Gasteiger partial charge is 0.192 e. The number of ketones is 1. The van der Waals surface area contributed by atoms with Crippen LogP contribution in [0.4, 0.5) is 0 Å². The van der Waals surface area contributed by atoms with Crippen LogP contribution in [0.5, 0.6) is 0 Å². The molecule has 0 unspecified atom stereocenters. The highest BCUT2D eigenvalue weighted by molar-refractivity contribution is 6.74. The average Bonchev–Trinajstić information content (AvgIpc) is 3.00. The van der Waals surface area contributed by atoms with Crippen LogP contribution in [0.3, 0.4) is 0 Å². The Kier molecular flexibility index (Phi) is 9.19. The second-order valence-corrected chi connectivity index (χ2v) is 25.4. The molecule has 0 heterocycles. The van der Waals surface area contributed by atoms with E-state index in [1.165, 1.54) is 12.8 Å². The molecule has 0 aromatic heterocycles. The van der Waals surface area contributed by atoms with E-state index in [1.807, 2.05) is 0 Å². The van der Waals surface area contributed by atoms with Gasteiger partial charge in [0.15, 0.2) is 16.6 Å². The average molecular weight is 525 g/mol. The number of hydrogen-bond donors (Lipinski definition) is 0. The number of fused-ring (bicyclic) bond motifs is 1. The lowest BCUT2D eigenvalue weighted by molar-refractivity contribution is -0.130. The summed E-state index contributed by atoms with van der Waals surface area (Å²) in [5.74, 6) is 2.10. The maximum atomic E-state index is 12.7. The molecule has 0 N–H and O–H groups in total. The van der Waals surface area contributed by atoms with Crippen molar-refractivity contribution in [3.05, 3.63) is 0 Å². The molecule has 0 amide bonds. The summed E-state index contributed by atoms with van der Waals surface area (Å²) in [6.45, 7) is 32.9. The second kappa shape index (κ2) is 10.3. The van der Waals surface area contributed by atoms with Crippen LogP contribution >= 0.6 is 0 Å². The fourth-order valence-electron chi connectivity index (χ4n) is 6.48. The summed E-state index contributed by atoms with van der Waals surface area (Å²) in [5.41, 5.74) is -0.126. The number of Topliss-reactive ketones (excluding diaryl/α,β-unsaturated/α-hetero) is 1. The van der Waals surface area contributed by atoms with E-state index in [0.29, 0.717) is 23.5 Å². The van der Waals surface area contributed by atoms with Gasteiger partial charge in [-0.2, -0.15) is 0 Å². The lowest BCUT2D eigenvalue weighted by atomic mass is 9.62. The van der Waals surface area contributed by atoms with Gasteiger partial charge in [0.05, 0.1) is 11.7 Å². The topological polar surface area (TPSA) is 35.5 Å². The van der Waals surface area contributed by atoms with Gasteiger partial charge in [-0.15, -0.1) is 0 Å². The van der Waals surface area contributed by atoms with E-state index in [-0.39, 0.29) is 27.2 Å². The van der Waals surface area contributed by atoms with E-state index in [1.54, 1.807) is 0 Å². The summed E-state index contributed by atoms with van der Waals surface area (Å²) >= 11 is 0. The van der Waals surface area contributed by atoms with Gasteiger partial charge in [0, 0.05) is 12.3 Å². The Morgan fingerprint density at radius 2 is 1.46 bits per heavy atom. The van der Waals surface area contributed by atoms with Crippen LogP contribution in [0.1, 0.15) is 114 Å². The molecular weight excluding hydrogens is 464 g/mol. The van der Waals surface area contributed by atoms with E-state index >= 15 is 0 Å². The van der Waals surface area contributed by atoms with E-state index in [9.17, 15) is 4.79 Å². The van der Waals surface area contributed by atoms with Crippen molar-refractivity contribution >= 4 is 22.4 Å². The predicted octanol–water partition coefficient (Wildman–Crippen LogP) is 9.38. The van der Waals surface area contributed by atoms with Crippen LogP contribution in [-0.4, -0.2) is 34.1 Å². The molecule has 2 fully saturated rings. The first-order chi connectivity index (χ1) is 15.6. The van der Waals surface area contributed by atoms with Gasteiger partial charge in [0.2, 0.25) is 0 Å².